The first-order valence-corrected chi connectivity index (χ1v) is 10.4. The lowest BCUT2D eigenvalue weighted by atomic mass is 10.0. The molecule has 1 saturated heterocycles. The van der Waals surface area contributed by atoms with Crippen molar-refractivity contribution in [2.24, 2.45) is 10.9 Å². The van der Waals surface area contributed by atoms with E-state index in [1.54, 1.807) is 0 Å². The van der Waals surface area contributed by atoms with Crippen LogP contribution >= 0.6 is 24.0 Å². The molecule has 6 nitrogen and oxygen atoms in total. The minimum Gasteiger partial charge on any atom is -0.354 e. The van der Waals surface area contributed by atoms with Crippen molar-refractivity contribution in [3.63, 3.8) is 0 Å². The van der Waals surface area contributed by atoms with Crippen molar-refractivity contribution in [1.29, 1.82) is 0 Å². The normalized spacial score (nSPS) is 16.6. The van der Waals surface area contributed by atoms with E-state index in [4.69, 9.17) is 0 Å². The number of guanidine groups is 1. The summed E-state index contributed by atoms with van der Waals surface area (Å²) in [6, 6.07) is 4.72. The second-order valence-electron chi connectivity index (χ2n) is 7.89. The molecule has 1 atom stereocenters. The Morgan fingerprint density at radius 1 is 1.14 bits per heavy atom. The second-order valence-corrected chi connectivity index (χ2v) is 7.89. The number of rotatable bonds is 8. The highest BCUT2D eigenvalue weighted by Crippen LogP contribution is 2.14. The van der Waals surface area contributed by atoms with Gasteiger partial charge in [0, 0.05) is 52.0 Å². The van der Waals surface area contributed by atoms with E-state index < -0.39 is 0 Å². The number of pyridine rings is 1. The highest BCUT2D eigenvalue weighted by atomic mass is 127. The van der Waals surface area contributed by atoms with E-state index >= 15 is 0 Å². The molecule has 1 fully saturated rings. The molecule has 28 heavy (non-hydrogen) atoms. The first-order valence-electron chi connectivity index (χ1n) is 10.4. The maximum absolute atomic E-state index is 4.67. The molecular formula is C21H39IN6. The standard InChI is InChI=1S/C21H38N6.HI/c1-6-26-11-13-27(14-12-26)20-10-9-19(15-23-20)16-24-21(22-5)25-18(4)8-7-17(2)3;/h9-10,15,17-18H,6-8,11-14,16H2,1-5H3,(H2,22,24,25);1H. The van der Waals surface area contributed by atoms with E-state index in [-0.39, 0.29) is 24.0 Å². The lowest BCUT2D eigenvalue weighted by Crippen LogP contribution is -2.46. The van der Waals surface area contributed by atoms with Crippen LogP contribution in [-0.4, -0.2) is 61.7 Å². The number of nitrogens with one attached hydrogen (secondary N) is 2. The van der Waals surface area contributed by atoms with Crippen molar-refractivity contribution in [3.05, 3.63) is 23.9 Å². The molecule has 160 valence electrons. The molecular weight excluding hydrogens is 463 g/mol. The number of nitrogens with zero attached hydrogens (tertiary/aromatic N) is 4. The summed E-state index contributed by atoms with van der Waals surface area (Å²) in [5.41, 5.74) is 1.17. The maximum Gasteiger partial charge on any atom is 0.191 e. The third-order valence-corrected chi connectivity index (χ3v) is 5.20. The molecule has 0 radical (unpaired) electrons. The summed E-state index contributed by atoms with van der Waals surface area (Å²) in [5.74, 6) is 2.67. The average Bonchev–Trinajstić information content (AvgIpc) is 2.70. The zero-order valence-electron chi connectivity index (χ0n) is 18.2. The van der Waals surface area contributed by atoms with Gasteiger partial charge in [0.1, 0.15) is 5.82 Å². The molecule has 1 aromatic rings. The van der Waals surface area contributed by atoms with E-state index in [2.05, 4.69) is 70.2 Å². The number of hydrogen-bond acceptors (Lipinski definition) is 4. The molecule has 0 aliphatic carbocycles. The highest BCUT2D eigenvalue weighted by Gasteiger charge is 2.16. The van der Waals surface area contributed by atoms with Crippen molar-refractivity contribution in [2.45, 2.75) is 53.1 Å². The Hall–Kier alpha value is -1.09. The minimum absolute atomic E-state index is 0. The quantitative estimate of drug-likeness (QED) is 0.325. The predicted octanol–water partition coefficient (Wildman–Crippen LogP) is 3.33. The van der Waals surface area contributed by atoms with E-state index in [1.165, 1.54) is 12.0 Å². The number of anilines is 1. The predicted molar refractivity (Wildman–Crippen MR) is 131 cm³/mol. The number of piperazine rings is 1. The summed E-state index contributed by atoms with van der Waals surface area (Å²) in [7, 11) is 1.82. The molecule has 1 aliphatic heterocycles. The second kappa shape index (κ2) is 13.2. The maximum atomic E-state index is 4.67. The van der Waals surface area contributed by atoms with Crippen molar-refractivity contribution >= 4 is 35.8 Å². The van der Waals surface area contributed by atoms with E-state index in [1.807, 2.05) is 13.2 Å². The number of likely N-dealkylation sites (N-methyl/N-ethyl adjacent to an activating group) is 1. The van der Waals surface area contributed by atoms with Crippen LogP contribution in [-0.2, 0) is 6.54 Å². The topological polar surface area (TPSA) is 55.8 Å². The molecule has 2 N–H and O–H groups in total. The van der Waals surface area contributed by atoms with Gasteiger partial charge in [0.05, 0.1) is 0 Å². The van der Waals surface area contributed by atoms with Gasteiger partial charge in [-0.2, -0.15) is 0 Å². The number of aliphatic imine (C=N–C) groups is 1. The smallest absolute Gasteiger partial charge is 0.191 e. The number of halogens is 1. The van der Waals surface area contributed by atoms with Gasteiger partial charge in [0.2, 0.25) is 0 Å². The Morgan fingerprint density at radius 3 is 2.39 bits per heavy atom. The molecule has 1 unspecified atom stereocenters. The van der Waals surface area contributed by atoms with Crippen LogP contribution in [0.2, 0.25) is 0 Å². The molecule has 2 rings (SSSR count). The minimum atomic E-state index is 0. The molecule has 0 spiro atoms. The monoisotopic (exact) mass is 502 g/mol. The average molecular weight is 502 g/mol. The Balaban J connectivity index is 0.00000392. The first-order chi connectivity index (χ1) is 13.0. The largest absolute Gasteiger partial charge is 0.354 e. The van der Waals surface area contributed by atoms with Gasteiger partial charge in [-0.1, -0.05) is 26.8 Å². The van der Waals surface area contributed by atoms with Gasteiger partial charge in [-0.3, -0.25) is 4.99 Å². The molecule has 2 heterocycles. The Morgan fingerprint density at radius 2 is 1.86 bits per heavy atom. The van der Waals surface area contributed by atoms with Crippen LogP contribution in [0.1, 0.15) is 46.1 Å². The van der Waals surface area contributed by atoms with Crippen molar-refractivity contribution < 1.29 is 0 Å². The van der Waals surface area contributed by atoms with Crippen molar-refractivity contribution in [2.75, 3.05) is 44.7 Å². The van der Waals surface area contributed by atoms with Crippen LogP contribution < -0.4 is 15.5 Å². The number of hydrogen-bond donors (Lipinski definition) is 2. The van der Waals surface area contributed by atoms with Crippen LogP contribution in [0.3, 0.4) is 0 Å². The van der Waals surface area contributed by atoms with E-state index in [0.717, 1.165) is 63.4 Å². The summed E-state index contributed by atoms with van der Waals surface area (Å²) >= 11 is 0. The van der Waals surface area contributed by atoms with Crippen LogP contribution in [0.4, 0.5) is 5.82 Å². The van der Waals surface area contributed by atoms with Gasteiger partial charge < -0.3 is 20.4 Å². The summed E-state index contributed by atoms with van der Waals surface area (Å²) in [4.78, 5) is 13.9. The zero-order valence-corrected chi connectivity index (χ0v) is 20.6. The first kappa shape index (κ1) is 24.9. The summed E-state index contributed by atoms with van der Waals surface area (Å²) in [6.45, 7) is 15.2. The fourth-order valence-electron chi connectivity index (χ4n) is 3.27. The Labute approximate surface area is 188 Å². The summed E-state index contributed by atoms with van der Waals surface area (Å²) in [5, 5.41) is 6.87. The Bertz CT molecular complexity index is 567. The Kier molecular flexibility index (Phi) is 11.8. The van der Waals surface area contributed by atoms with E-state index in [9.17, 15) is 0 Å². The molecule has 0 amide bonds. The lowest BCUT2D eigenvalue weighted by molar-refractivity contribution is 0.270. The molecule has 0 saturated carbocycles. The van der Waals surface area contributed by atoms with Crippen LogP contribution in [0, 0.1) is 5.92 Å². The SMILES string of the molecule is CCN1CCN(c2ccc(CNC(=NC)NC(C)CCC(C)C)cn2)CC1.I. The van der Waals surface area contributed by atoms with Gasteiger partial charge in [0.25, 0.3) is 0 Å². The van der Waals surface area contributed by atoms with Gasteiger partial charge in [0.15, 0.2) is 5.96 Å². The van der Waals surface area contributed by atoms with Crippen molar-refractivity contribution in [3.8, 4) is 0 Å². The number of aromatic nitrogens is 1. The highest BCUT2D eigenvalue weighted by molar-refractivity contribution is 14.0. The summed E-state index contributed by atoms with van der Waals surface area (Å²) in [6.07, 6.45) is 4.35. The van der Waals surface area contributed by atoms with Crippen LogP contribution in [0.15, 0.2) is 23.3 Å². The third kappa shape index (κ3) is 8.51. The van der Waals surface area contributed by atoms with Gasteiger partial charge in [-0.05, 0) is 43.9 Å². The lowest BCUT2D eigenvalue weighted by Gasteiger charge is -2.34. The van der Waals surface area contributed by atoms with Gasteiger partial charge in [-0.25, -0.2) is 4.98 Å². The third-order valence-electron chi connectivity index (χ3n) is 5.20. The van der Waals surface area contributed by atoms with Crippen LogP contribution in [0.25, 0.3) is 0 Å². The molecule has 0 aromatic carbocycles. The van der Waals surface area contributed by atoms with Gasteiger partial charge in [-0.15, -0.1) is 24.0 Å². The molecule has 1 aliphatic rings. The van der Waals surface area contributed by atoms with Crippen molar-refractivity contribution in [1.82, 2.24) is 20.5 Å². The van der Waals surface area contributed by atoms with E-state index in [0.29, 0.717) is 6.04 Å². The molecule has 7 heteroatoms. The molecule has 1 aromatic heterocycles. The van der Waals surface area contributed by atoms with Gasteiger partial charge >= 0.3 is 0 Å². The fraction of sp³-hybridized carbons (Fsp3) is 0.714. The molecule has 0 bridgehead atoms. The summed E-state index contributed by atoms with van der Waals surface area (Å²) < 4.78 is 0. The zero-order chi connectivity index (χ0) is 19.6. The fourth-order valence-corrected chi connectivity index (χ4v) is 3.27. The van der Waals surface area contributed by atoms with Crippen LogP contribution in [0.5, 0.6) is 0 Å².